The zero-order chi connectivity index (χ0) is 14.1. The number of fused-ring (bicyclic) bond motifs is 1. The van der Waals surface area contributed by atoms with Crippen LogP contribution in [0, 0.1) is 0 Å². The fourth-order valence-corrected chi connectivity index (χ4v) is 2.93. The Bertz CT molecular complexity index is 748. The number of ether oxygens (including phenoxy) is 2. The first kappa shape index (κ1) is 12.7. The molecule has 0 saturated carbocycles. The molecule has 1 aromatic carbocycles. The van der Waals surface area contributed by atoms with E-state index in [1.165, 1.54) is 25.6 Å². The molecule has 0 unspecified atom stereocenters. The second-order valence-corrected chi connectivity index (χ2v) is 5.10. The van der Waals surface area contributed by atoms with E-state index < -0.39 is 0 Å². The highest BCUT2D eigenvalue weighted by Gasteiger charge is 2.17. The number of rotatable bonds is 3. The van der Waals surface area contributed by atoms with Gasteiger partial charge in [-0.15, -0.1) is 11.3 Å². The molecule has 20 heavy (non-hydrogen) atoms. The Labute approximate surface area is 119 Å². The third kappa shape index (κ3) is 2.04. The Morgan fingerprint density at radius 1 is 1.05 bits per heavy atom. The first-order valence-electron chi connectivity index (χ1n) is 5.91. The molecule has 0 radical (unpaired) electrons. The molecule has 3 aromatic rings. The molecule has 0 aliphatic rings. The number of hydrogen-bond acceptors (Lipinski definition) is 6. The summed E-state index contributed by atoms with van der Waals surface area (Å²) in [4.78, 5) is 9.13. The number of methoxy groups -OCH3 is 2. The van der Waals surface area contributed by atoms with Crippen molar-refractivity contribution in [1.29, 1.82) is 0 Å². The minimum atomic E-state index is 0.181. The average molecular weight is 288 g/mol. The van der Waals surface area contributed by atoms with E-state index in [-0.39, 0.29) is 5.75 Å². The maximum Gasteiger partial charge on any atom is 0.220 e. The highest BCUT2D eigenvalue weighted by atomic mass is 32.1. The van der Waals surface area contributed by atoms with Crippen LogP contribution in [0.1, 0.15) is 0 Å². The summed E-state index contributed by atoms with van der Waals surface area (Å²) in [5.41, 5.74) is 0. The molecule has 6 heteroatoms. The lowest BCUT2D eigenvalue weighted by atomic mass is 10.2. The van der Waals surface area contributed by atoms with Gasteiger partial charge in [-0.3, -0.25) is 0 Å². The van der Waals surface area contributed by atoms with Crippen molar-refractivity contribution in [2.24, 2.45) is 0 Å². The molecule has 0 bridgehead atoms. The Kier molecular flexibility index (Phi) is 3.15. The number of aromatic nitrogens is 2. The third-order valence-electron chi connectivity index (χ3n) is 2.87. The van der Waals surface area contributed by atoms with Gasteiger partial charge >= 0.3 is 0 Å². The predicted octanol–water partition coefficient (Wildman–Crippen LogP) is 3.08. The fraction of sp³-hybridized carbons (Fsp3) is 0.143. The van der Waals surface area contributed by atoms with Gasteiger partial charge < -0.3 is 14.6 Å². The van der Waals surface area contributed by atoms with E-state index in [4.69, 9.17) is 9.47 Å². The molecule has 3 rings (SSSR count). The van der Waals surface area contributed by atoms with Crippen molar-refractivity contribution in [1.82, 2.24) is 9.97 Å². The van der Waals surface area contributed by atoms with Crippen LogP contribution < -0.4 is 9.47 Å². The maximum absolute atomic E-state index is 10.3. The zero-order valence-electron chi connectivity index (χ0n) is 11.0. The van der Waals surface area contributed by atoms with Crippen LogP contribution in [-0.4, -0.2) is 29.3 Å². The smallest absolute Gasteiger partial charge is 0.220 e. The number of benzene rings is 1. The number of thiophene rings is 1. The second-order valence-electron chi connectivity index (χ2n) is 4.05. The number of aromatic hydroxyl groups is 1. The van der Waals surface area contributed by atoms with Gasteiger partial charge in [-0.05, 0) is 12.1 Å². The van der Waals surface area contributed by atoms with Crippen molar-refractivity contribution in [3.63, 3.8) is 0 Å². The molecular formula is C14H12N2O3S. The lowest BCUT2D eigenvalue weighted by Gasteiger charge is -2.05. The van der Waals surface area contributed by atoms with Gasteiger partial charge in [0.25, 0.3) is 0 Å². The quantitative estimate of drug-likeness (QED) is 0.802. The van der Waals surface area contributed by atoms with Crippen LogP contribution in [0.15, 0.2) is 30.3 Å². The summed E-state index contributed by atoms with van der Waals surface area (Å²) < 4.78 is 11.2. The normalized spacial score (nSPS) is 10.7. The van der Waals surface area contributed by atoms with E-state index in [0.29, 0.717) is 22.5 Å². The fourth-order valence-electron chi connectivity index (χ4n) is 1.90. The highest BCUT2D eigenvalue weighted by molar-refractivity contribution is 7.22. The minimum Gasteiger partial charge on any atom is -0.506 e. The summed E-state index contributed by atoms with van der Waals surface area (Å²) in [5.74, 6) is 1.35. The largest absolute Gasteiger partial charge is 0.506 e. The third-order valence-corrected chi connectivity index (χ3v) is 4.03. The Balaban J connectivity index is 2.22. The average Bonchev–Trinajstić information content (AvgIpc) is 2.84. The number of hydrogen-bond donors (Lipinski definition) is 1. The topological polar surface area (TPSA) is 64.5 Å². The van der Waals surface area contributed by atoms with Crippen molar-refractivity contribution in [3.8, 4) is 28.2 Å². The molecule has 0 fully saturated rings. The molecule has 2 heterocycles. The summed E-state index contributed by atoms with van der Waals surface area (Å²) in [6.45, 7) is 0. The van der Waals surface area contributed by atoms with Crippen molar-refractivity contribution >= 4 is 21.4 Å². The van der Waals surface area contributed by atoms with Crippen LogP contribution in [0.4, 0.5) is 0 Å². The van der Waals surface area contributed by atoms with E-state index in [1.54, 1.807) is 6.07 Å². The van der Waals surface area contributed by atoms with Gasteiger partial charge in [-0.1, -0.05) is 12.1 Å². The molecule has 0 atom stereocenters. The molecule has 2 aromatic heterocycles. The maximum atomic E-state index is 10.3. The Morgan fingerprint density at radius 2 is 1.70 bits per heavy atom. The summed E-state index contributed by atoms with van der Waals surface area (Å²) in [5, 5.41) is 11.1. The van der Waals surface area contributed by atoms with Gasteiger partial charge in [0, 0.05) is 10.1 Å². The molecular weight excluding hydrogens is 276 g/mol. The van der Waals surface area contributed by atoms with Crippen molar-refractivity contribution < 1.29 is 14.6 Å². The monoisotopic (exact) mass is 288 g/mol. The lowest BCUT2D eigenvalue weighted by molar-refractivity contribution is 0.372. The predicted molar refractivity (Wildman–Crippen MR) is 77.6 cm³/mol. The highest BCUT2D eigenvalue weighted by Crippen LogP contribution is 2.42. The van der Waals surface area contributed by atoms with E-state index >= 15 is 0 Å². The first-order valence-corrected chi connectivity index (χ1v) is 6.72. The first-order chi connectivity index (χ1) is 9.72. The van der Waals surface area contributed by atoms with Crippen molar-refractivity contribution in [2.45, 2.75) is 0 Å². The molecule has 102 valence electrons. The van der Waals surface area contributed by atoms with E-state index in [2.05, 4.69) is 9.97 Å². The zero-order valence-corrected chi connectivity index (χ0v) is 11.8. The van der Waals surface area contributed by atoms with E-state index in [1.807, 2.05) is 24.3 Å². The molecule has 0 aliphatic heterocycles. The van der Waals surface area contributed by atoms with Crippen LogP contribution in [0.25, 0.3) is 20.8 Å². The second kappa shape index (κ2) is 4.97. The Morgan fingerprint density at radius 3 is 2.30 bits per heavy atom. The van der Waals surface area contributed by atoms with E-state index in [9.17, 15) is 5.11 Å². The molecule has 0 saturated heterocycles. The molecule has 0 aliphatic carbocycles. The molecule has 1 N–H and O–H groups in total. The van der Waals surface area contributed by atoms with Gasteiger partial charge in [0.05, 0.1) is 20.3 Å². The lowest BCUT2D eigenvalue weighted by Crippen LogP contribution is -1.96. The molecule has 0 amide bonds. The van der Waals surface area contributed by atoms with Crippen LogP contribution in [0.2, 0.25) is 0 Å². The van der Waals surface area contributed by atoms with Crippen LogP contribution in [0.5, 0.6) is 17.5 Å². The SMILES string of the molecule is COc1cc(OC)nc(-c2sc3ccccc3c2O)n1. The van der Waals surface area contributed by atoms with Crippen molar-refractivity contribution in [3.05, 3.63) is 30.3 Å². The molecule has 5 nitrogen and oxygen atoms in total. The molecule has 0 spiro atoms. The van der Waals surface area contributed by atoms with Gasteiger partial charge in [-0.2, -0.15) is 9.97 Å². The summed E-state index contributed by atoms with van der Waals surface area (Å²) in [6.07, 6.45) is 0. The van der Waals surface area contributed by atoms with Gasteiger partial charge in [-0.25, -0.2) is 0 Å². The summed E-state index contributed by atoms with van der Waals surface area (Å²) in [7, 11) is 3.05. The van der Waals surface area contributed by atoms with Crippen LogP contribution in [0.3, 0.4) is 0 Å². The summed E-state index contributed by atoms with van der Waals surface area (Å²) in [6, 6.07) is 9.21. The standard InChI is InChI=1S/C14H12N2O3S/c1-18-10-7-11(19-2)16-14(15-10)13-12(17)8-5-3-4-6-9(8)20-13/h3-7,17H,1-2H3. The summed E-state index contributed by atoms with van der Waals surface area (Å²) >= 11 is 1.43. The number of nitrogens with zero attached hydrogens (tertiary/aromatic N) is 2. The van der Waals surface area contributed by atoms with Gasteiger partial charge in [0.2, 0.25) is 11.8 Å². The van der Waals surface area contributed by atoms with Crippen molar-refractivity contribution in [2.75, 3.05) is 14.2 Å². The van der Waals surface area contributed by atoms with Gasteiger partial charge in [0.15, 0.2) is 5.82 Å². The van der Waals surface area contributed by atoms with Gasteiger partial charge in [0.1, 0.15) is 10.6 Å². The Hall–Kier alpha value is -2.34. The van der Waals surface area contributed by atoms with E-state index in [0.717, 1.165) is 10.1 Å². The minimum absolute atomic E-state index is 0.181. The van der Waals surface area contributed by atoms with Crippen LogP contribution >= 0.6 is 11.3 Å². The van der Waals surface area contributed by atoms with Crippen LogP contribution in [-0.2, 0) is 0 Å².